The van der Waals surface area contributed by atoms with Crippen LogP contribution in [0.4, 0.5) is 0 Å². The lowest BCUT2D eigenvalue weighted by Crippen LogP contribution is -2.62. The van der Waals surface area contributed by atoms with Crippen molar-refractivity contribution >= 4 is 29.9 Å². The zero-order valence-electron chi connectivity index (χ0n) is 16.2. The van der Waals surface area contributed by atoms with Gasteiger partial charge in [0.1, 0.15) is 0 Å². The summed E-state index contributed by atoms with van der Waals surface area (Å²) in [5.74, 6) is 1.86. The lowest BCUT2D eigenvalue weighted by atomic mass is 9.84. The Labute approximate surface area is 171 Å². The van der Waals surface area contributed by atoms with E-state index in [-0.39, 0.29) is 24.0 Å². The van der Waals surface area contributed by atoms with E-state index in [1.807, 2.05) is 7.05 Å². The van der Waals surface area contributed by atoms with Gasteiger partial charge in [-0.2, -0.15) is 0 Å². The molecule has 2 saturated heterocycles. The van der Waals surface area contributed by atoms with Crippen molar-refractivity contribution in [1.29, 1.82) is 0 Å². The van der Waals surface area contributed by atoms with Crippen molar-refractivity contribution < 1.29 is 0 Å². The molecule has 6 heteroatoms. The van der Waals surface area contributed by atoms with E-state index in [0.717, 1.165) is 25.0 Å². The Balaban J connectivity index is 0.00000225. The minimum atomic E-state index is 0. The second-order valence-electron chi connectivity index (χ2n) is 8.18. The normalized spacial score (nSPS) is 25.8. The molecule has 2 heterocycles. The highest BCUT2D eigenvalue weighted by Gasteiger charge is 2.39. The van der Waals surface area contributed by atoms with Crippen LogP contribution in [-0.2, 0) is 0 Å². The molecule has 0 aromatic rings. The van der Waals surface area contributed by atoms with Gasteiger partial charge in [0.25, 0.3) is 0 Å². The first-order valence-corrected chi connectivity index (χ1v) is 10.1. The van der Waals surface area contributed by atoms with Crippen LogP contribution in [0.3, 0.4) is 0 Å². The monoisotopic (exact) mass is 463 g/mol. The van der Waals surface area contributed by atoms with E-state index < -0.39 is 0 Å². The molecule has 25 heavy (non-hydrogen) atoms. The van der Waals surface area contributed by atoms with Gasteiger partial charge in [-0.1, -0.05) is 12.8 Å². The number of hydrogen-bond acceptors (Lipinski definition) is 3. The number of aliphatic imine (C=N–C) groups is 1. The molecule has 3 fully saturated rings. The summed E-state index contributed by atoms with van der Waals surface area (Å²) < 4.78 is 0. The Bertz CT molecular complexity index is 410. The zero-order chi connectivity index (χ0) is 16.8. The topological polar surface area (TPSA) is 42.9 Å². The third-order valence-electron chi connectivity index (χ3n) is 6.54. The smallest absolute Gasteiger partial charge is 0.191 e. The van der Waals surface area contributed by atoms with Crippen molar-refractivity contribution in [3.63, 3.8) is 0 Å². The first kappa shape index (κ1) is 21.2. The van der Waals surface area contributed by atoms with Gasteiger partial charge in [0.15, 0.2) is 5.96 Å². The van der Waals surface area contributed by atoms with E-state index >= 15 is 0 Å². The van der Waals surface area contributed by atoms with Crippen molar-refractivity contribution in [1.82, 2.24) is 20.4 Å². The van der Waals surface area contributed by atoms with Crippen molar-refractivity contribution in [2.24, 2.45) is 10.9 Å². The molecule has 0 spiro atoms. The highest BCUT2D eigenvalue weighted by atomic mass is 127. The molecule has 1 aliphatic carbocycles. The fourth-order valence-corrected chi connectivity index (χ4v) is 4.41. The number of hydrogen-bond donors (Lipinski definition) is 2. The average Bonchev–Trinajstić information content (AvgIpc) is 2.59. The van der Waals surface area contributed by atoms with E-state index in [2.05, 4.69) is 32.5 Å². The van der Waals surface area contributed by atoms with Crippen molar-refractivity contribution in [3.8, 4) is 0 Å². The fraction of sp³-hybridized carbons (Fsp3) is 0.947. The van der Waals surface area contributed by atoms with Gasteiger partial charge >= 0.3 is 0 Å². The molecule has 0 aromatic carbocycles. The molecular formula is C19H38IN5. The molecule has 1 saturated carbocycles. The van der Waals surface area contributed by atoms with E-state index in [9.17, 15) is 0 Å². The highest BCUT2D eigenvalue weighted by molar-refractivity contribution is 14.0. The molecule has 3 aliphatic rings. The molecule has 5 nitrogen and oxygen atoms in total. The van der Waals surface area contributed by atoms with Gasteiger partial charge in [-0.3, -0.25) is 9.89 Å². The summed E-state index contributed by atoms with van der Waals surface area (Å²) in [6, 6.07) is 0. The van der Waals surface area contributed by atoms with Gasteiger partial charge in [-0.05, 0) is 77.7 Å². The van der Waals surface area contributed by atoms with Crippen LogP contribution in [0.2, 0.25) is 0 Å². The minimum Gasteiger partial charge on any atom is -0.356 e. The van der Waals surface area contributed by atoms with Gasteiger partial charge in [0.2, 0.25) is 0 Å². The maximum atomic E-state index is 4.46. The summed E-state index contributed by atoms with van der Waals surface area (Å²) in [5, 5.41) is 7.22. The Kier molecular flexibility index (Phi) is 8.75. The van der Waals surface area contributed by atoms with Crippen molar-refractivity contribution in [2.45, 2.75) is 56.9 Å². The molecule has 0 aromatic heterocycles. The predicted molar refractivity (Wildman–Crippen MR) is 117 cm³/mol. The van der Waals surface area contributed by atoms with E-state index in [1.165, 1.54) is 77.5 Å². The number of likely N-dealkylation sites (tertiary alicyclic amines) is 2. The number of nitrogens with zero attached hydrogens (tertiary/aromatic N) is 3. The molecule has 0 amide bonds. The van der Waals surface area contributed by atoms with E-state index in [0.29, 0.717) is 5.54 Å². The van der Waals surface area contributed by atoms with Crippen LogP contribution in [0, 0.1) is 5.92 Å². The maximum Gasteiger partial charge on any atom is 0.191 e. The summed E-state index contributed by atoms with van der Waals surface area (Å²) in [7, 11) is 4.16. The number of rotatable bonds is 5. The van der Waals surface area contributed by atoms with Crippen LogP contribution in [0.25, 0.3) is 0 Å². The lowest BCUT2D eigenvalue weighted by molar-refractivity contribution is 0.0173. The SMILES string of the molecule is CN=C(NCC1CCC1)NCC1(N2CCCCC2)CCN(C)CC1.I. The summed E-state index contributed by atoms with van der Waals surface area (Å²) in [4.78, 5) is 9.72. The van der Waals surface area contributed by atoms with Gasteiger partial charge in [0, 0.05) is 25.7 Å². The minimum absolute atomic E-state index is 0. The van der Waals surface area contributed by atoms with Crippen LogP contribution in [0.5, 0.6) is 0 Å². The van der Waals surface area contributed by atoms with Crippen LogP contribution in [0.1, 0.15) is 51.4 Å². The summed E-state index contributed by atoms with van der Waals surface area (Å²) in [6.45, 7) is 7.10. The predicted octanol–water partition coefficient (Wildman–Crippen LogP) is 2.52. The Morgan fingerprint density at radius 1 is 1.00 bits per heavy atom. The highest BCUT2D eigenvalue weighted by Crippen LogP contribution is 2.31. The quantitative estimate of drug-likeness (QED) is 0.374. The molecule has 146 valence electrons. The van der Waals surface area contributed by atoms with Crippen molar-refractivity contribution in [3.05, 3.63) is 0 Å². The Hall–Kier alpha value is -0.0800. The lowest BCUT2D eigenvalue weighted by Gasteiger charge is -2.50. The molecule has 0 radical (unpaired) electrons. The first-order valence-electron chi connectivity index (χ1n) is 10.1. The second kappa shape index (κ2) is 10.3. The number of guanidine groups is 1. The van der Waals surface area contributed by atoms with Gasteiger partial charge in [-0.25, -0.2) is 0 Å². The molecule has 2 aliphatic heterocycles. The molecule has 0 bridgehead atoms. The Morgan fingerprint density at radius 3 is 2.24 bits per heavy atom. The van der Waals surface area contributed by atoms with E-state index in [1.54, 1.807) is 0 Å². The zero-order valence-corrected chi connectivity index (χ0v) is 18.6. The van der Waals surface area contributed by atoms with Crippen LogP contribution in [0.15, 0.2) is 4.99 Å². The molecule has 3 rings (SSSR count). The van der Waals surface area contributed by atoms with Gasteiger partial charge in [0.05, 0.1) is 0 Å². The first-order chi connectivity index (χ1) is 11.7. The standard InChI is InChI=1S/C19H37N5.HI/c1-20-18(21-15-17-7-6-8-17)22-16-19(9-13-23(2)14-10-19)24-11-4-3-5-12-24;/h17H,3-16H2,1-2H3,(H2,20,21,22);1H. The fourth-order valence-electron chi connectivity index (χ4n) is 4.41. The van der Waals surface area contributed by atoms with Crippen LogP contribution in [-0.4, -0.2) is 74.7 Å². The van der Waals surface area contributed by atoms with Crippen molar-refractivity contribution in [2.75, 3.05) is 53.4 Å². The molecule has 0 unspecified atom stereocenters. The summed E-state index contributed by atoms with van der Waals surface area (Å²) >= 11 is 0. The molecule has 2 N–H and O–H groups in total. The summed E-state index contributed by atoms with van der Waals surface area (Å²) in [5.41, 5.74) is 0.320. The van der Waals surface area contributed by atoms with Crippen LogP contribution < -0.4 is 10.6 Å². The average molecular weight is 463 g/mol. The number of nitrogens with one attached hydrogen (secondary N) is 2. The summed E-state index contributed by atoms with van der Waals surface area (Å²) in [6.07, 6.45) is 10.9. The third-order valence-corrected chi connectivity index (χ3v) is 6.54. The molecular weight excluding hydrogens is 425 g/mol. The Morgan fingerprint density at radius 2 is 1.68 bits per heavy atom. The number of piperidine rings is 2. The van der Waals surface area contributed by atoms with E-state index in [4.69, 9.17) is 0 Å². The largest absolute Gasteiger partial charge is 0.356 e. The number of halogens is 1. The van der Waals surface area contributed by atoms with Gasteiger partial charge in [-0.15, -0.1) is 24.0 Å². The van der Waals surface area contributed by atoms with Crippen LogP contribution >= 0.6 is 24.0 Å². The maximum absolute atomic E-state index is 4.46. The second-order valence-corrected chi connectivity index (χ2v) is 8.18. The third kappa shape index (κ3) is 5.70. The molecule has 0 atom stereocenters. The van der Waals surface area contributed by atoms with Gasteiger partial charge < -0.3 is 15.5 Å².